The molecule has 0 heterocycles. The van der Waals surface area contributed by atoms with Crippen molar-refractivity contribution in [3.8, 4) is 0 Å². The Morgan fingerprint density at radius 2 is 0.667 bits per heavy atom. The van der Waals surface area contributed by atoms with E-state index in [2.05, 4.69) is 106 Å². The summed E-state index contributed by atoms with van der Waals surface area (Å²) in [6.45, 7) is 0. The van der Waals surface area contributed by atoms with E-state index in [0.717, 1.165) is 0 Å². The summed E-state index contributed by atoms with van der Waals surface area (Å²) in [7, 11) is -0.335. The molecule has 0 nitrogen and oxygen atoms in total. The van der Waals surface area contributed by atoms with Crippen LogP contribution in [0.5, 0.6) is 0 Å². The van der Waals surface area contributed by atoms with Crippen LogP contribution in [-0.2, 0) is 73.6 Å². The molecule has 0 bridgehead atoms. The molecular weight excluding hydrogens is 955 g/mol. The topological polar surface area (TPSA) is 0 Å². The molecule has 0 aromatic heterocycles. The number of hydrogen-bond donors (Lipinski definition) is 0. The fraction of sp³-hybridized carbons (Fsp3) is 0. The number of rotatable bonds is 3. The standard InChI is InChI=1S/C15H12P.C6H4I.3C5H5.Au.3Fe/c1-2-8-13(7-1)16(14-9-3-4-10-14)15-11-5-6-12-15;7-6-4-2-1-3-5-6;3*1-2-4-5-3-1;;;;/h1-12H;1-4H;3*1-5H;;;;/q;-1;;;;+1;;;. The maximum absolute atomic E-state index is 3.02. The Kier molecular flexibility index (Phi) is 35.9. The number of hydrogen-bond acceptors (Lipinski definition) is 0. The van der Waals surface area contributed by atoms with E-state index in [1.165, 1.54) is 20.5 Å². The van der Waals surface area contributed by atoms with Crippen LogP contribution < -0.4 is 0 Å². The van der Waals surface area contributed by atoms with E-state index in [-0.39, 0.29) is 81.5 Å². The van der Waals surface area contributed by atoms with Crippen LogP contribution in [0.3, 0.4) is 0 Å². The van der Waals surface area contributed by atoms with Crippen molar-refractivity contribution in [3.05, 3.63) is 224 Å². The number of halogens is 1. The third-order valence-electron chi connectivity index (χ3n) is 5.05. The predicted molar refractivity (Wildman–Crippen MR) is 171 cm³/mol. The van der Waals surface area contributed by atoms with Crippen LogP contribution >= 0.6 is 30.5 Å². The molecule has 6 heteroatoms. The SMILES string of the molecule is Ic1[c-]cccc1.[Au+].[CH]1[CH][CH][CH][CH]1.[CH]1[CH][CH][CH][CH]1.[CH]1[CH][CH][CH][CH]1.[CH]1[CH][CH][C](P([C]2[CH][CH][CH][CH]2)[C]2[CH][CH][CH][CH]2)[CH]1.[Fe].[Fe].[Fe]. The normalized spacial score (nSPS) is 21.4. The van der Waals surface area contributed by atoms with Crippen molar-refractivity contribution in [3.63, 3.8) is 0 Å². The van der Waals surface area contributed by atoms with Crippen LogP contribution in [-0.4, -0.2) is 0 Å². The Morgan fingerprint density at radius 3 is 0.833 bits per heavy atom. The number of benzene rings is 1. The van der Waals surface area contributed by atoms with E-state index in [1.54, 1.807) is 0 Å². The van der Waals surface area contributed by atoms with Gasteiger partial charge in [-0.05, 0) is 173 Å². The molecule has 0 amide bonds. The van der Waals surface area contributed by atoms with Crippen molar-refractivity contribution in [1.29, 1.82) is 0 Å². The average molecular weight is 986 g/mol. The molecule has 6 saturated carbocycles. The minimum Gasteiger partial charge on any atom is -0.176 e. The van der Waals surface area contributed by atoms with E-state index in [0.29, 0.717) is 0 Å². The molecule has 1 aromatic carbocycles. The molecule has 7 rings (SSSR count). The second-order valence-electron chi connectivity index (χ2n) is 7.86. The van der Waals surface area contributed by atoms with Crippen molar-refractivity contribution in [2.75, 3.05) is 0 Å². The van der Waals surface area contributed by atoms with E-state index < -0.39 is 0 Å². The van der Waals surface area contributed by atoms with Crippen LogP contribution in [0, 0.1) is 200 Å². The minimum absolute atomic E-state index is 0. The third-order valence-corrected chi connectivity index (χ3v) is 8.16. The van der Waals surface area contributed by atoms with E-state index >= 15 is 0 Å². The predicted octanol–water partition coefficient (Wildman–Crippen LogP) is 8.70. The summed E-state index contributed by atoms with van der Waals surface area (Å²) in [5.41, 5.74) is 4.31. The largest absolute Gasteiger partial charge is 1.00 e. The zero-order chi connectivity index (χ0) is 26.5. The van der Waals surface area contributed by atoms with Gasteiger partial charge in [-0.1, -0.05) is 30.5 Å². The van der Waals surface area contributed by atoms with Gasteiger partial charge >= 0.3 is 22.4 Å². The molecule has 6 aliphatic carbocycles. The molecule has 0 spiro atoms. The van der Waals surface area contributed by atoms with E-state index in [4.69, 9.17) is 0 Å². The van der Waals surface area contributed by atoms with Gasteiger partial charge in [-0.3, -0.25) is 0 Å². The van der Waals surface area contributed by atoms with Crippen LogP contribution in [0.25, 0.3) is 0 Å². The van der Waals surface area contributed by atoms with Crippen LogP contribution in [0.4, 0.5) is 0 Å². The summed E-state index contributed by atoms with van der Waals surface area (Å²) in [5, 5.41) is 0. The first kappa shape index (κ1) is 46.8. The first-order chi connectivity index (χ1) is 18.8. The van der Waals surface area contributed by atoms with Gasteiger partial charge in [-0.15, -0.1) is 3.57 Å². The van der Waals surface area contributed by atoms with Gasteiger partial charge in [0.05, 0.1) is 0 Å². The van der Waals surface area contributed by atoms with Crippen molar-refractivity contribution in [1.82, 2.24) is 0 Å². The van der Waals surface area contributed by atoms with Gasteiger partial charge in [0.1, 0.15) is 0 Å². The van der Waals surface area contributed by atoms with Gasteiger partial charge in [-0.2, -0.15) is 30.3 Å². The van der Waals surface area contributed by atoms with Crippen LogP contribution in [0.2, 0.25) is 0 Å². The fourth-order valence-electron chi connectivity index (χ4n) is 3.32. The molecule has 0 saturated heterocycles. The van der Waals surface area contributed by atoms with Crippen LogP contribution in [0.15, 0.2) is 24.3 Å². The second-order valence-corrected chi connectivity index (χ2v) is 11.2. The smallest absolute Gasteiger partial charge is 0.176 e. The van der Waals surface area contributed by atoms with Gasteiger partial charge in [0.15, 0.2) is 0 Å². The molecular formula is C36H31AuFe3IP. The van der Waals surface area contributed by atoms with Gasteiger partial charge < -0.3 is 0 Å². The maximum Gasteiger partial charge on any atom is 1.00 e. The maximum atomic E-state index is 3.02. The second kappa shape index (κ2) is 32.2. The Labute approximate surface area is 325 Å². The summed E-state index contributed by atoms with van der Waals surface area (Å²) in [6.07, 6.45) is 56.1. The van der Waals surface area contributed by atoms with Gasteiger partial charge in [-0.25, -0.2) is 0 Å². The fourth-order valence-corrected chi connectivity index (χ4v) is 6.01. The van der Waals surface area contributed by atoms with Gasteiger partial charge in [0.25, 0.3) is 0 Å². The van der Waals surface area contributed by atoms with E-state index in [9.17, 15) is 0 Å². The minimum atomic E-state index is -0.335. The first-order valence-electron chi connectivity index (χ1n) is 12.4. The molecule has 0 aliphatic heterocycles. The Balaban J connectivity index is 0. The first-order valence-corrected chi connectivity index (χ1v) is 14.8. The summed E-state index contributed by atoms with van der Waals surface area (Å²) in [6, 6.07) is 10.9. The molecule has 6 fully saturated rings. The molecule has 42 heavy (non-hydrogen) atoms. The third kappa shape index (κ3) is 21.5. The summed E-state index contributed by atoms with van der Waals surface area (Å²) < 4.78 is 1.17. The average Bonchev–Trinajstić information content (AvgIpc) is 3.81. The molecule has 1 aromatic rings. The summed E-state index contributed by atoms with van der Waals surface area (Å²) in [4.78, 5) is 0. The molecule has 0 N–H and O–H groups in total. The van der Waals surface area contributed by atoms with Crippen molar-refractivity contribution in [2.24, 2.45) is 0 Å². The Hall–Kier alpha value is 2.68. The zero-order valence-electron chi connectivity index (χ0n) is 22.6. The van der Waals surface area contributed by atoms with Crippen LogP contribution in [0.1, 0.15) is 0 Å². The molecule has 0 atom stereocenters. The van der Waals surface area contributed by atoms with Crippen molar-refractivity contribution < 1.29 is 73.6 Å². The monoisotopic (exact) mass is 986 g/mol. The van der Waals surface area contributed by atoms with Crippen molar-refractivity contribution >= 4 is 30.5 Å². The Morgan fingerprint density at radius 1 is 0.405 bits per heavy atom. The van der Waals surface area contributed by atoms with E-state index in [1.807, 2.05) is 121 Å². The van der Waals surface area contributed by atoms with Gasteiger partial charge in [0.2, 0.25) is 0 Å². The summed E-state index contributed by atoms with van der Waals surface area (Å²) in [5.74, 6) is 0. The molecule has 6 aliphatic rings. The Bertz CT molecular complexity index is 568. The molecule has 30 radical (unpaired) electrons. The molecule has 0 unspecified atom stereocenters. The molecule has 222 valence electrons. The van der Waals surface area contributed by atoms with Crippen molar-refractivity contribution in [2.45, 2.75) is 0 Å². The van der Waals surface area contributed by atoms with Gasteiger partial charge in [0, 0.05) is 68.2 Å². The summed E-state index contributed by atoms with van der Waals surface area (Å²) >= 11 is 2.22. The zero-order valence-corrected chi connectivity index (χ0v) is 31.1. The quantitative estimate of drug-likeness (QED) is 0.123.